The van der Waals surface area contributed by atoms with Crippen molar-refractivity contribution < 1.29 is 8.42 Å². The molecule has 1 unspecified atom stereocenters. The van der Waals surface area contributed by atoms with E-state index in [-0.39, 0.29) is 11.8 Å². The van der Waals surface area contributed by atoms with Crippen LogP contribution in [0.25, 0.3) is 0 Å². The van der Waals surface area contributed by atoms with Crippen molar-refractivity contribution in [2.45, 2.75) is 25.8 Å². The summed E-state index contributed by atoms with van der Waals surface area (Å²) in [6.45, 7) is 1.99. The molecule has 0 aromatic rings. The molecule has 0 amide bonds. The van der Waals surface area contributed by atoms with Crippen LogP contribution >= 0.6 is 0 Å². The number of nitrogens with two attached hydrogens (primary N) is 1. The average Bonchev–Trinajstić information content (AvgIpc) is 1.84. The van der Waals surface area contributed by atoms with Crippen LogP contribution in [0.5, 0.6) is 0 Å². The van der Waals surface area contributed by atoms with E-state index in [1.807, 2.05) is 6.92 Å². The minimum absolute atomic E-state index is 0.102. The highest BCUT2D eigenvalue weighted by Crippen LogP contribution is 1.98. The lowest BCUT2D eigenvalue weighted by Crippen LogP contribution is -2.39. The number of hydrogen-bond acceptors (Lipinski definition) is 4. The van der Waals surface area contributed by atoms with Gasteiger partial charge in [0, 0.05) is 12.3 Å². The van der Waals surface area contributed by atoms with Crippen molar-refractivity contribution in [2.24, 2.45) is 5.84 Å². The summed E-state index contributed by atoms with van der Waals surface area (Å²) in [5.74, 6) is 5.27. The zero-order valence-electron chi connectivity index (χ0n) is 7.00. The summed E-state index contributed by atoms with van der Waals surface area (Å²) in [7, 11) is -2.90. The molecular weight excluding hydrogens is 164 g/mol. The van der Waals surface area contributed by atoms with Crippen LogP contribution in [-0.4, -0.2) is 26.5 Å². The largest absolute Gasteiger partial charge is 0.271 e. The molecule has 0 saturated heterocycles. The van der Waals surface area contributed by atoms with Gasteiger partial charge in [0.1, 0.15) is 9.84 Å². The predicted octanol–water partition coefficient (Wildman–Crippen LogP) is -0.337. The first-order chi connectivity index (χ1) is 4.99. The van der Waals surface area contributed by atoms with E-state index >= 15 is 0 Å². The van der Waals surface area contributed by atoms with E-state index in [9.17, 15) is 8.42 Å². The molecule has 5 heteroatoms. The van der Waals surface area contributed by atoms with Crippen LogP contribution < -0.4 is 11.3 Å². The maximum absolute atomic E-state index is 10.8. The summed E-state index contributed by atoms with van der Waals surface area (Å²) in [4.78, 5) is 0. The van der Waals surface area contributed by atoms with Crippen LogP contribution in [0.3, 0.4) is 0 Å². The molecule has 0 heterocycles. The zero-order valence-corrected chi connectivity index (χ0v) is 7.82. The predicted molar refractivity (Wildman–Crippen MR) is 45.7 cm³/mol. The zero-order chi connectivity index (χ0) is 8.91. The molecule has 0 bridgehead atoms. The number of rotatable bonds is 5. The van der Waals surface area contributed by atoms with Crippen molar-refractivity contribution in [1.82, 2.24) is 5.43 Å². The fraction of sp³-hybridized carbons (Fsp3) is 1.00. The molecular formula is C6H16N2O2S. The molecule has 3 N–H and O–H groups in total. The summed E-state index contributed by atoms with van der Waals surface area (Å²) in [5, 5.41) is 0. The van der Waals surface area contributed by atoms with Gasteiger partial charge in [0.05, 0.1) is 5.75 Å². The molecule has 0 rings (SSSR count). The quantitative estimate of drug-likeness (QED) is 0.448. The molecule has 4 nitrogen and oxygen atoms in total. The molecule has 0 fully saturated rings. The maximum atomic E-state index is 10.8. The van der Waals surface area contributed by atoms with E-state index < -0.39 is 9.84 Å². The molecule has 1 atom stereocenters. The molecule has 0 radical (unpaired) electrons. The van der Waals surface area contributed by atoms with Gasteiger partial charge in [0.25, 0.3) is 0 Å². The van der Waals surface area contributed by atoms with Gasteiger partial charge in [-0.15, -0.1) is 0 Å². The van der Waals surface area contributed by atoms with Gasteiger partial charge in [0.2, 0.25) is 0 Å². The van der Waals surface area contributed by atoms with E-state index in [4.69, 9.17) is 5.84 Å². The van der Waals surface area contributed by atoms with Crippen LogP contribution in [0.1, 0.15) is 19.8 Å². The second-order valence-corrected chi connectivity index (χ2v) is 4.93. The van der Waals surface area contributed by atoms with Crippen LogP contribution in [0.2, 0.25) is 0 Å². The third-order valence-electron chi connectivity index (χ3n) is 1.38. The minimum Gasteiger partial charge on any atom is -0.271 e. The average molecular weight is 180 g/mol. The molecule has 68 valence electrons. The van der Waals surface area contributed by atoms with Gasteiger partial charge in [-0.1, -0.05) is 13.3 Å². The Morgan fingerprint density at radius 2 is 2.09 bits per heavy atom. The first-order valence-corrected chi connectivity index (χ1v) is 5.69. The summed E-state index contributed by atoms with van der Waals surface area (Å²) < 4.78 is 21.6. The van der Waals surface area contributed by atoms with Crippen molar-refractivity contribution in [3.8, 4) is 0 Å². The Hall–Kier alpha value is -0.130. The topological polar surface area (TPSA) is 72.2 Å². The Morgan fingerprint density at radius 1 is 1.55 bits per heavy atom. The summed E-state index contributed by atoms with van der Waals surface area (Å²) in [5.41, 5.74) is 2.48. The van der Waals surface area contributed by atoms with Crippen LogP contribution in [0, 0.1) is 0 Å². The Kier molecular flexibility index (Phi) is 4.63. The lowest BCUT2D eigenvalue weighted by atomic mass is 10.2. The van der Waals surface area contributed by atoms with Crippen LogP contribution in [-0.2, 0) is 9.84 Å². The van der Waals surface area contributed by atoms with Gasteiger partial charge < -0.3 is 0 Å². The van der Waals surface area contributed by atoms with Crippen LogP contribution in [0.15, 0.2) is 0 Å². The summed E-state index contributed by atoms with van der Waals surface area (Å²) in [6.07, 6.45) is 2.95. The molecule has 0 aromatic heterocycles. The van der Waals surface area contributed by atoms with Gasteiger partial charge in [-0.05, 0) is 6.42 Å². The van der Waals surface area contributed by atoms with Crippen molar-refractivity contribution in [2.75, 3.05) is 12.0 Å². The molecule has 0 aliphatic heterocycles. The minimum atomic E-state index is -2.90. The third kappa shape index (κ3) is 6.28. The second-order valence-electron chi connectivity index (χ2n) is 2.74. The highest BCUT2D eigenvalue weighted by atomic mass is 32.2. The monoisotopic (exact) mass is 180 g/mol. The van der Waals surface area contributed by atoms with E-state index in [0.29, 0.717) is 0 Å². The number of hydrogen-bond donors (Lipinski definition) is 2. The van der Waals surface area contributed by atoms with Gasteiger partial charge in [-0.3, -0.25) is 11.3 Å². The Labute approximate surface area is 68.0 Å². The molecule has 0 spiro atoms. The van der Waals surface area contributed by atoms with Gasteiger partial charge in [-0.25, -0.2) is 8.42 Å². The molecule has 0 aliphatic carbocycles. The number of hydrazine groups is 1. The maximum Gasteiger partial charge on any atom is 0.149 e. The number of sulfone groups is 1. The fourth-order valence-corrected chi connectivity index (χ4v) is 1.92. The Balaban J connectivity index is 3.88. The lowest BCUT2D eigenvalue weighted by Gasteiger charge is -2.12. The van der Waals surface area contributed by atoms with E-state index in [1.54, 1.807) is 0 Å². The van der Waals surface area contributed by atoms with E-state index in [0.717, 1.165) is 12.8 Å². The van der Waals surface area contributed by atoms with E-state index in [2.05, 4.69) is 5.43 Å². The highest BCUT2D eigenvalue weighted by molar-refractivity contribution is 7.90. The molecule has 11 heavy (non-hydrogen) atoms. The second kappa shape index (κ2) is 4.69. The third-order valence-corrected chi connectivity index (χ3v) is 2.38. The smallest absolute Gasteiger partial charge is 0.149 e. The van der Waals surface area contributed by atoms with Crippen molar-refractivity contribution in [3.05, 3.63) is 0 Å². The lowest BCUT2D eigenvalue weighted by molar-refractivity contribution is 0.515. The molecule has 0 aliphatic rings. The van der Waals surface area contributed by atoms with Crippen LogP contribution in [0.4, 0.5) is 0 Å². The number of nitrogens with one attached hydrogen (secondary N) is 1. The first kappa shape index (κ1) is 10.9. The van der Waals surface area contributed by atoms with Gasteiger partial charge in [0.15, 0.2) is 0 Å². The van der Waals surface area contributed by atoms with Crippen molar-refractivity contribution in [1.29, 1.82) is 0 Å². The Bertz CT molecular complexity index is 189. The van der Waals surface area contributed by atoms with Crippen molar-refractivity contribution in [3.63, 3.8) is 0 Å². The van der Waals surface area contributed by atoms with Crippen molar-refractivity contribution >= 4 is 9.84 Å². The standard InChI is InChI=1S/C6H16N2O2S/c1-3-4-6(8-7)5-11(2,9)10/h6,8H,3-5,7H2,1-2H3. The normalized spacial score (nSPS) is 14.8. The molecule has 0 aromatic carbocycles. The molecule has 0 saturated carbocycles. The summed E-state index contributed by atoms with van der Waals surface area (Å²) in [6, 6.07) is -0.102. The van der Waals surface area contributed by atoms with Gasteiger partial charge >= 0.3 is 0 Å². The van der Waals surface area contributed by atoms with Gasteiger partial charge in [-0.2, -0.15) is 0 Å². The SMILES string of the molecule is CCCC(CS(C)(=O)=O)NN. The summed E-state index contributed by atoms with van der Waals surface area (Å²) >= 11 is 0. The highest BCUT2D eigenvalue weighted by Gasteiger charge is 2.11. The first-order valence-electron chi connectivity index (χ1n) is 3.63. The Morgan fingerprint density at radius 3 is 2.36 bits per heavy atom. The fourth-order valence-electron chi connectivity index (χ4n) is 0.929. The van der Waals surface area contributed by atoms with E-state index in [1.165, 1.54) is 6.26 Å².